The highest BCUT2D eigenvalue weighted by Crippen LogP contribution is 2.15. The Labute approximate surface area is 143 Å². The predicted octanol–water partition coefficient (Wildman–Crippen LogP) is 3.98. The summed E-state index contributed by atoms with van der Waals surface area (Å²) in [6.45, 7) is 5.71. The van der Waals surface area contributed by atoms with E-state index < -0.39 is 0 Å². The van der Waals surface area contributed by atoms with Crippen LogP contribution in [0.25, 0.3) is 0 Å². The highest BCUT2D eigenvalue weighted by atomic mass is 16.5. The van der Waals surface area contributed by atoms with E-state index in [1.165, 1.54) is 5.56 Å². The van der Waals surface area contributed by atoms with Crippen LogP contribution in [0.15, 0.2) is 48.5 Å². The second-order valence-corrected chi connectivity index (χ2v) is 5.35. The molecule has 0 radical (unpaired) electrons. The molecule has 5 heteroatoms. The third-order valence-corrected chi connectivity index (χ3v) is 3.32. The first-order valence-corrected chi connectivity index (χ1v) is 8.14. The number of amides is 2. The zero-order valence-corrected chi connectivity index (χ0v) is 14.2. The molecule has 0 aliphatic rings. The summed E-state index contributed by atoms with van der Waals surface area (Å²) < 4.78 is 11.0. The van der Waals surface area contributed by atoms with Crippen molar-refractivity contribution in [1.29, 1.82) is 0 Å². The van der Waals surface area contributed by atoms with E-state index in [-0.39, 0.29) is 6.03 Å². The molecule has 0 heterocycles. The number of carbonyl (C=O) groups is 1. The molecule has 0 spiro atoms. The van der Waals surface area contributed by atoms with E-state index in [1.54, 1.807) is 0 Å². The Morgan fingerprint density at radius 1 is 0.958 bits per heavy atom. The fraction of sp³-hybridized carbons (Fsp3) is 0.316. The molecule has 2 N–H and O–H groups in total. The molecular formula is C19H24N2O3. The first-order valence-electron chi connectivity index (χ1n) is 8.14. The van der Waals surface area contributed by atoms with Crippen molar-refractivity contribution in [1.82, 2.24) is 5.32 Å². The lowest BCUT2D eigenvalue weighted by atomic mass is 10.2. The molecule has 0 bridgehead atoms. The van der Waals surface area contributed by atoms with Gasteiger partial charge in [0.25, 0.3) is 0 Å². The molecule has 2 aromatic rings. The maximum atomic E-state index is 11.8. The summed E-state index contributed by atoms with van der Waals surface area (Å²) in [7, 11) is 0. The number of ether oxygens (including phenoxy) is 2. The van der Waals surface area contributed by atoms with Gasteiger partial charge in [0.2, 0.25) is 0 Å². The van der Waals surface area contributed by atoms with Gasteiger partial charge < -0.3 is 20.1 Å². The standard InChI is InChI=1S/C19H24N2O3/c1-3-23-17-11-7-16(8-12-17)21-19(22)20-13-4-14-24-18-9-5-15(2)6-10-18/h5-12H,3-4,13-14H2,1-2H3,(H2,20,21,22). The average Bonchev–Trinajstić information content (AvgIpc) is 2.58. The topological polar surface area (TPSA) is 59.6 Å². The molecule has 128 valence electrons. The summed E-state index contributed by atoms with van der Waals surface area (Å²) >= 11 is 0. The maximum Gasteiger partial charge on any atom is 0.319 e. The summed E-state index contributed by atoms with van der Waals surface area (Å²) in [5.41, 5.74) is 1.93. The number of rotatable bonds is 8. The summed E-state index contributed by atoms with van der Waals surface area (Å²) in [6, 6.07) is 15.0. The second kappa shape index (κ2) is 9.45. The number of anilines is 1. The number of carbonyl (C=O) groups excluding carboxylic acids is 1. The quantitative estimate of drug-likeness (QED) is 0.721. The van der Waals surface area contributed by atoms with Crippen molar-refractivity contribution in [2.75, 3.05) is 25.1 Å². The van der Waals surface area contributed by atoms with E-state index in [2.05, 4.69) is 10.6 Å². The van der Waals surface area contributed by atoms with Crippen LogP contribution in [0.1, 0.15) is 18.9 Å². The maximum absolute atomic E-state index is 11.8. The fourth-order valence-electron chi connectivity index (χ4n) is 2.08. The van der Waals surface area contributed by atoms with Crippen LogP contribution in [0.5, 0.6) is 11.5 Å². The average molecular weight is 328 g/mol. The molecule has 0 aromatic heterocycles. The molecule has 0 fully saturated rings. The van der Waals surface area contributed by atoms with Gasteiger partial charge in [0.15, 0.2) is 0 Å². The minimum atomic E-state index is -0.227. The van der Waals surface area contributed by atoms with Gasteiger partial charge in [-0.25, -0.2) is 4.79 Å². The van der Waals surface area contributed by atoms with Gasteiger partial charge >= 0.3 is 6.03 Å². The van der Waals surface area contributed by atoms with Gasteiger partial charge in [-0.3, -0.25) is 0 Å². The zero-order valence-electron chi connectivity index (χ0n) is 14.2. The molecule has 0 unspecified atom stereocenters. The van der Waals surface area contributed by atoms with Gasteiger partial charge in [0, 0.05) is 12.2 Å². The van der Waals surface area contributed by atoms with Crippen molar-refractivity contribution in [2.45, 2.75) is 20.3 Å². The molecule has 0 atom stereocenters. The molecule has 24 heavy (non-hydrogen) atoms. The smallest absolute Gasteiger partial charge is 0.319 e. The van der Waals surface area contributed by atoms with Gasteiger partial charge in [0.05, 0.1) is 13.2 Å². The second-order valence-electron chi connectivity index (χ2n) is 5.35. The van der Waals surface area contributed by atoms with Gasteiger partial charge in [-0.05, 0) is 56.7 Å². The minimum absolute atomic E-state index is 0.227. The Balaban J connectivity index is 1.61. The van der Waals surface area contributed by atoms with Crippen LogP contribution in [0.3, 0.4) is 0 Å². The van der Waals surface area contributed by atoms with Crippen LogP contribution in [0.4, 0.5) is 10.5 Å². The summed E-state index contributed by atoms with van der Waals surface area (Å²) in [6.07, 6.45) is 0.741. The predicted molar refractivity (Wildman–Crippen MR) is 95.9 cm³/mol. The molecule has 2 aromatic carbocycles. The Kier molecular flexibility index (Phi) is 6.95. The van der Waals surface area contributed by atoms with E-state index >= 15 is 0 Å². The summed E-state index contributed by atoms with van der Waals surface area (Å²) in [4.78, 5) is 11.8. The number of hydrogen-bond acceptors (Lipinski definition) is 3. The lowest BCUT2D eigenvalue weighted by molar-refractivity contribution is 0.250. The van der Waals surface area contributed by atoms with Gasteiger partial charge in [-0.2, -0.15) is 0 Å². The van der Waals surface area contributed by atoms with Crippen LogP contribution >= 0.6 is 0 Å². The number of nitrogens with one attached hydrogen (secondary N) is 2. The van der Waals surface area contributed by atoms with Crippen LogP contribution in [0.2, 0.25) is 0 Å². The number of hydrogen-bond donors (Lipinski definition) is 2. The van der Waals surface area contributed by atoms with E-state index in [4.69, 9.17) is 9.47 Å². The van der Waals surface area contributed by atoms with Crippen molar-refractivity contribution < 1.29 is 14.3 Å². The van der Waals surface area contributed by atoms with Crippen molar-refractivity contribution in [2.24, 2.45) is 0 Å². The van der Waals surface area contributed by atoms with E-state index in [0.29, 0.717) is 19.8 Å². The van der Waals surface area contributed by atoms with Gasteiger partial charge in [0.1, 0.15) is 11.5 Å². The first kappa shape index (κ1) is 17.7. The van der Waals surface area contributed by atoms with Crippen LogP contribution in [-0.2, 0) is 0 Å². The molecule has 0 saturated heterocycles. The van der Waals surface area contributed by atoms with E-state index in [1.807, 2.05) is 62.4 Å². The Morgan fingerprint density at radius 2 is 1.58 bits per heavy atom. The van der Waals surface area contributed by atoms with E-state index in [0.717, 1.165) is 23.6 Å². The normalized spacial score (nSPS) is 10.1. The lowest BCUT2D eigenvalue weighted by Gasteiger charge is -2.09. The third kappa shape index (κ3) is 6.20. The number of benzene rings is 2. The van der Waals surface area contributed by atoms with Crippen molar-refractivity contribution in [3.8, 4) is 11.5 Å². The minimum Gasteiger partial charge on any atom is -0.494 e. The summed E-state index contributed by atoms with van der Waals surface area (Å²) in [5, 5.41) is 5.58. The molecule has 0 aliphatic heterocycles. The number of urea groups is 1. The van der Waals surface area contributed by atoms with Crippen LogP contribution in [-0.4, -0.2) is 25.8 Å². The van der Waals surface area contributed by atoms with Crippen LogP contribution in [0, 0.1) is 6.92 Å². The SMILES string of the molecule is CCOc1ccc(NC(=O)NCCCOc2ccc(C)cc2)cc1. The Hall–Kier alpha value is -2.69. The highest BCUT2D eigenvalue weighted by Gasteiger charge is 2.01. The molecule has 2 rings (SSSR count). The van der Waals surface area contributed by atoms with Crippen molar-refractivity contribution in [3.63, 3.8) is 0 Å². The molecular weight excluding hydrogens is 304 g/mol. The Morgan fingerprint density at radius 3 is 2.25 bits per heavy atom. The monoisotopic (exact) mass is 328 g/mol. The van der Waals surface area contributed by atoms with Gasteiger partial charge in [-0.15, -0.1) is 0 Å². The molecule has 0 saturated carbocycles. The zero-order chi connectivity index (χ0) is 17.2. The highest BCUT2D eigenvalue weighted by molar-refractivity contribution is 5.89. The third-order valence-electron chi connectivity index (χ3n) is 3.32. The van der Waals surface area contributed by atoms with Crippen LogP contribution < -0.4 is 20.1 Å². The fourth-order valence-corrected chi connectivity index (χ4v) is 2.08. The molecule has 0 aliphatic carbocycles. The number of aryl methyl sites for hydroxylation is 1. The lowest BCUT2D eigenvalue weighted by Crippen LogP contribution is -2.30. The van der Waals surface area contributed by atoms with Crippen molar-refractivity contribution >= 4 is 11.7 Å². The molecule has 5 nitrogen and oxygen atoms in total. The van der Waals surface area contributed by atoms with Crippen molar-refractivity contribution in [3.05, 3.63) is 54.1 Å². The largest absolute Gasteiger partial charge is 0.494 e. The summed E-state index contributed by atoms with van der Waals surface area (Å²) in [5.74, 6) is 1.64. The Bertz CT molecular complexity index is 624. The van der Waals surface area contributed by atoms with Gasteiger partial charge in [-0.1, -0.05) is 17.7 Å². The van der Waals surface area contributed by atoms with E-state index in [9.17, 15) is 4.79 Å². The molecule has 2 amide bonds. The first-order chi connectivity index (χ1) is 11.7.